The Bertz CT molecular complexity index is 907. The Hall–Kier alpha value is -2.66. The zero-order chi connectivity index (χ0) is 18.7. The predicted octanol–water partition coefficient (Wildman–Crippen LogP) is 4.51. The summed E-state index contributed by atoms with van der Waals surface area (Å²) in [6.45, 7) is 4.26. The summed E-state index contributed by atoms with van der Waals surface area (Å²) in [6, 6.07) is 15.7. The summed E-state index contributed by atoms with van der Waals surface area (Å²) >= 11 is 6.38. The zero-order valence-electron chi connectivity index (χ0n) is 14.5. The van der Waals surface area contributed by atoms with Gasteiger partial charge in [0.2, 0.25) is 0 Å². The lowest BCUT2D eigenvalue weighted by molar-refractivity contribution is 0.0951. The average molecular weight is 372 g/mol. The lowest BCUT2D eigenvalue weighted by atomic mass is 10.0. The molecule has 0 bridgehead atoms. The fraction of sp³-hybridized carbons (Fsp3) is 0.200. The largest absolute Gasteiger partial charge is 0.351 e. The number of nitrogens with zero attached hydrogens (tertiary/aromatic N) is 2. The van der Waals surface area contributed by atoms with Crippen molar-refractivity contribution in [2.75, 3.05) is 6.54 Å². The number of carbonyl (C=O) groups is 1. The van der Waals surface area contributed by atoms with Gasteiger partial charge >= 0.3 is 0 Å². The summed E-state index contributed by atoms with van der Waals surface area (Å²) in [6.07, 6.45) is 0. The van der Waals surface area contributed by atoms with Crippen molar-refractivity contribution in [2.24, 2.45) is 0 Å². The maximum Gasteiger partial charge on any atom is 0.256 e. The molecule has 0 aliphatic heterocycles. The SMILES string of the molecule is Cc1nn(-c2ccc(F)cc2)c(Cl)c1C(=O)NC[C@@H](C)c1ccccc1. The number of halogens is 2. The standard InChI is InChI=1S/C20H19ClFN3O/c1-13(15-6-4-3-5-7-15)12-23-20(26)18-14(2)24-25(19(18)21)17-10-8-16(22)9-11-17/h3-11,13H,12H2,1-2H3,(H,23,26)/t13-/m1/s1. The quantitative estimate of drug-likeness (QED) is 0.717. The van der Waals surface area contributed by atoms with Crippen molar-refractivity contribution in [1.29, 1.82) is 0 Å². The average Bonchev–Trinajstić information content (AvgIpc) is 2.95. The lowest BCUT2D eigenvalue weighted by Gasteiger charge is -2.13. The maximum atomic E-state index is 13.1. The molecule has 0 saturated carbocycles. The summed E-state index contributed by atoms with van der Waals surface area (Å²) < 4.78 is 14.5. The number of rotatable bonds is 5. The van der Waals surface area contributed by atoms with Gasteiger partial charge in [-0.3, -0.25) is 4.79 Å². The summed E-state index contributed by atoms with van der Waals surface area (Å²) in [5, 5.41) is 7.44. The Balaban J connectivity index is 1.76. The first-order valence-electron chi connectivity index (χ1n) is 8.31. The Kier molecular flexibility index (Phi) is 5.38. The van der Waals surface area contributed by atoms with Crippen LogP contribution < -0.4 is 5.32 Å². The second kappa shape index (κ2) is 7.70. The summed E-state index contributed by atoms with van der Waals surface area (Å²) in [7, 11) is 0. The third kappa shape index (κ3) is 3.78. The minimum Gasteiger partial charge on any atom is -0.351 e. The van der Waals surface area contributed by atoms with E-state index in [2.05, 4.69) is 10.4 Å². The molecule has 1 aromatic heterocycles. The van der Waals surface area contributed by atoms with Gasteiger partial charge in [0, 0.05) is 6.54 Å². The number of nitrogens with one attached hydrogen (secondary N) is 1. The van der Waals surface area contributed by atoms with Gasteiger partial charge in [0.15, 0.2) is 0 Å². The number of hydrogen-bond acceptors (Lipinski definition) is 2. The van der Waals surface area contributed by atoms with E-state index in [0.717, 1.165) is 5.56 Å². The minimum absolute atomic E-state index is 0.173. The van der Waals surface area contributed by atoms with Gasteiger partial charge in [-0.2, -0.15) is 5.10 Å². The van der Waals surface area contributed by atoms with E-state index in [1.54, 1.807) is 19.1 Å². The first-order chi connectivity index (χ1) is 12.5. The second-order valence-electron chi connectivity index (χ2n) is 6.16. The number of hydrogen-bond donors (Lipinski definition) is 1. The van der Waals surface area contributed by atoms with Gasteiger partial charge in [-0.25, -0.2) is 9.07 Å². The Labute approximate surface area is 156 Å². The van der Waals surface area contributed by atoms with Gasteiger partial charge in [-0.15, -0.1) is 0 Å². The highest BCUT2D eigenvalue weighted by molar-refractivity contribution is 6.33. The molecule has 0 saturated heterocycles. The predicted molar refractivity (Wildman–Crippen MR) is 100 cm³/mol. The molecule has 0 aliphatic rings. The van der Waals surface area contributed by atoms with Crippen LogP contribution in [0.5, 0.6) is 0 Å². The first-order valence-corrected chi connectivity index (χ1v) is 8.69. The van der Waals surface area contributed by atoms with Crippen molar-refractivity contribution in [1.82, 2.24) is 15.1 Å². The smallest absolute Gasteiger partial charge is 0.256 e. The Morgan fingerprint density at radius 2 is 1.85 bits per heavy atom. The molecule has 0 spiro atoms. The minimum atomic E-state index is -0.346. The number of benzene rings is 2. The molecule has 1 atom stereocenters. The van der Waals surface area contributed by atoms with Gasteiger partial charge in [-0.1, -0.05) is 48.9 Å². The van der Waals surface area contributed by atoms with Crippen LogP contribution in [-0.2, 0) is 0 Å². The summed E-state index contributed by atoms with van der Waals surface area (Å²) in [5.41, 5.74) is 2.59. The van der Waals surface area contributed by atoms with Crippen molar-refractivity contribution in [3.63, 3.8) is 0 Å². The molecule has 0 radical (unpaired) electrons. The molecule has 0 unspecified atom stereocenters. The normalized spacial score (nSPS) is 12.0. The number of aryl methyl sites for hydroxylation is 1. The highest BCUT2D eigenvalue weighted by Gasteiger charge is 2.21. The van der Waals surface area contributed by atoms with Crippen LogP contribution in [0.2, 0.25) is 5.15 Å². The molecule has 2 aromatic carbocycles. The zero-order valence-corrected chi connectivity index (χ0v) is 15.3. The molecule has 0 aliphatic carbocycles. The number of carbonyl (C=O) groups excluding carboxylic acids is 1. The van der Waals surface area contributed by atoms with Gasteiger partial charge in [0.1, 0.15) is 11.0 Å². The van der Waals surface area contributed by atoms with Crippen molar-refractivity contribution < 1.29 is 9.18 Å². The van der Waals surface area contributed by atoms with Crippen molar-refractivity contribution in [3.8, 4) is 5.69 Å². The van der Waals surface area contributed by atoms with E-state index < -0.39 is 0 Å². The highest BCUT2D eigenvalue weighted by atomic mass is 35.5. The maximum absolute atomic E-state index is 13.1. The van der Waals surface area contributed by atoms with Crippen LogP contribution in [0.1, 0.15) is 34.5 Å². The monoisotopic (exact) mass is 371 g/mol. The van der Waals surface area contributed by atoms with E-state index in [9.17, 15) is 9.18 Å². The van der Waals surface area contributed by atoms with Gasteiger partial charge in [0.25, 0.3) is 5.91 Å². The third-order valence-corrected chi connectivity index (χ3v) is 4.59. The third-order valence-electron chi connectivity index (χ3n) is 4.24. The van der Waals surface area contributed by atoms with Crippen molar-refractivity contribution >= 4 is 17.5 Å². The van der Waals surface area contributed by atoms with Crippen LogP contribution in [-0.4, -0.2) is 22.2 Å². The fourth-order valence-corrected chi connectivity index (χ4v) is 3.10. The Morgan fingerprint density at radius 1 is 1.19 bits per heavy atom. The molecule has 3 rings (SSSR count). The van der Waals surface area contributed by atoms with Gasteiger partial charge in [-0.05, 0) is 42.7 Å². The Morgan fingerprint density at radius 3 is 2.50 bits per heavy atom. The van der Waals surface area contributed by atoms with Crippen molar-refractivity contribution in [2.45, 2.75) is 19.8 Å². The molecular weight excluding hydrogens is 353 g/mol. The fourth-order valence-electron chi connectivity index (χ4n) is 2.74. The van der Waals surface area contributed by atoms with Crippen LogP contribution in [0.3, 0.4) is 0 Å². The van der Waals surface area contributed by atoms with Crippen LogP contribution >= 0.6 is 11.6 Å². The number of aromatic nitrogens is 2. The molecule has 26 heavy (non-hydrogen) atoms. The summed E-state index contributed by atoms with van der Waals surface area (Å²) in [5.74, 6) is -0.448. The van der Waals surface area contributed by atoms with Crippen molar-refractivity contribution in [3.05, 3.63) is 82.4 Å². The second-order valence-corrected chi connectivity index (χ2v) is 6.52. The number of amides is 1. The van der Waals surface area contributed by atoms with Crippen LogP contribution in [0.15, 0.2) is 54.6 Å². The molecule has 1 heterocycles. The van der Waals surface area contributed by atoms with Crippen LogP contribution in [0, 0.1) is 12.7 Å². The summed E-state index contributed by atoms with van der Waals surface area (Å²) in [4.78, 5) is 12.6. The van der Waals surface area contributed by atoms with E-state index in [4.69, 9.17) is 11.6 Å². The molecule has 1 N–H and O–H groups in total. The first kappa shape index (κ1) is 18.1. The van der Waals surface area contributed by atoms with E-state index in [1.807, 2.05) is 37.3 Å². The molecule has 0 fully saturated rings. The molecule has 1 amide bonds. The molecule has 6 heteroatoms. The van der Waals surface area contributed by atoms with Gasteiger partial charge < -0.3 is 5.32 Å². The molecule has 4 nitrogen and oxygen atoms in total. The van der Waals surface area contributed by atoms with E-state index in [1.165, 1.54) is 16.8 Å². The van der Waals surface area contributed by atoms with Crippen LogP contribution in [0.4, 0.5) is 4.39 Å². The van der Waals surface area contributed by atoms with E-state index >= 15 is 0 Å². The molecule has 134 valence electrons. The van der Waals surface area contributed by atoms with E-state index in [-0.39, 0.29) is 22.8 Å². The van der Waals surface area contributed by atoms with Gasteiger partial charge in [0.05, 0.1) is 16.9 Å². The highest BCUT2D eigenvalue weighted by Crippen LogP contribution is 2.24. The topological polar surface area (TPSA) is 46.9 Å². The van der Waals surface area contributed by atoms with Crippen LogP contribution in [0.25, 0.3) is 5.69 Å². The lowest BCUT2D eigenvalue weighted by Crippen LogP contribution is -2.28. The molecular formula is C20H19ClFN3O. The molecule has 3 aromatic rings. The van der Waals surface area contributed by atoms with E-state index in [0.29, 0.717) is 23.5 Å².